The van der Waals surface area contributed by atoms with Gasteiger partial charge in [-0.25, -0.2) is 9.37 Å². The van der Waals surface area contributed by atoms with E-state index in [0.29, 0.717) is 12.1 Å². The highest BCUT2D eigenvalue weighted by molar-refractivity contribution is 5.85. The van der Waals surface area contributed by atoms with Crippen molar-refractivity contribution in [3.8, 4) is 11.5 Å². The predicted octanol–water partition coefficient (Wildman–Crippen LogP) is 6.30. The summed E-state index contributed by atoms with van der Waals surface area (Å²) in [5.41, 5.74) is 3.58. The number of hydrogen-bond donors (Lipinski definition) is 0. The van der Waals surface area contributed by atoms with Gasteiger partial charge in [0.05, 0.1) is 0 Å². The molecule has 0 bridgehead atoms. The largest absolute Gasteiger partial charge is 0.490 e. The van der Waals surface area contributed by atoms with Crippen LogP contribution in [0.5, 0.6) is 11.5 Å². The Hall–Kier alpha value is -3.44. The van der Waals surface area contributed by atoms with Gasteiger partial charge in [0.15, 0.2) is 0 Å². The third kappa shape index (κ3) is 5.37. The van der Waals surface area contributed by atoms with Crippen molar-refractivity contribution in [3.63, 3.8) is 0 Å². The van der Waals surface area contributed by atoms with Crippen molar-refractivity contribution in [1.82, 2.24) is 9.88 Å². The van der Waals surface area contributed by atoms with E-state index in [4.69, 9.17) is 9.47 Å². The summed E-state index contributed by atoms with van der Waals surface area (Å²) < 4.78 is 26.4. The molecule has 1 aromatic heterocycles. The van der Waals surface area contributed by atoms with Crippen molar-refractivity contribution in [1.29, 1.82) is 0 Å². The van der Waals surface area contributed by atoms with Gasteiger partial charge in [0.2, 0.25) is 0 Å². The molecule has 4 aromatic rings. The molecule has 1 saturated heterocycles. The third-order valence-electron chi connectivity index (χ3n) is 6.29. The van der Waals surface area contributed by atoms with Gasteiger partial charge in [-0.05, 0) is 55.2 Å². The number of aromatic nitrogens is 1. The third-order valence-corrected chi connectivity index (χ3v) is 6.29. The number of piperidine rings is 1. The molecule has 0 radical (unpaired) electrons. The molecule has 1 aliphatic rings. The molecule has 0 atom stereocenters. The number of halogens is 1. The standard InChI is InChI=1S/C29H29FN2O2/c1-21-18-28(26-8-5-9-27(30)29(26)31-21)34-25-14-16-32(17-15-25)19-22-10-12-24(13-11-22)33-20-23-6-3-2-4-7-23/h2-13,18,25H,14-17,19-20H2,1H3. The Morgan fingerprint density at radius 1 is 0.912 bits per heavy atom. The Labute approximate surface area is 200 Å². The fraction of sp³-hybridized carbons (Fsp3) is 0.276. The van der Waals surface area contributed by atoms with Crippen LogP contribution in [0.25, 0.3) is 10.9 Å². The molecular weight excluding hydrogens is 427 g/mol. The zero-order chi connectivity index (χ0) is 23.3. The van der Waals surface area contributed by atoms with Gasteiger partial charge < -0.3 is 9.47 Å². The predicted molar refractivity (Wildman–Crippen MR) is 133 cm³/mol. The van der Waals surface area contributed by atoms with Crippen molar-refractivity contribution >= 4 is 10.9 Å². The highest BCUT2D eigenvalue weighted by Crippen LogP contribution is 2.30. The Balaban J connectivity index is 1.13. The molecule has 4 nitrogen and oxygen atoms in total. The number of fused-ring (bicyclic) bond motifs is 1. The fourth-order valence-electron chi connectivity index (χ4n) is 4.46. The number of benzene rings is 3. The summed E-state index contributed by atoms with van der Waals surface area (Å²) in [6.45, 7) is 5.29. The maximum absolute atomic E-state index is 14.2. The fourth-order valence-corrected chi connectivity index (χ4v) is 4.46. The van der Waals surface area contributed by atoms with Crippen LogP contribution >= 0.6 is 0 Å². The maximum atomic E-state index is 14.2. The minimum absolute atomic E-state index is 0.123. The molecule has 5 heteroatoms. The van der Waals surface area contributed by atoms with Crippen LogP contribution in [-0.2, 0) is 13.2 Å². The second-order valence-electron chi connectivity index (χ2n) is 8.91. The van der Waals surface area contributed by atoms with Crippen molar-refractivity contribution in [2.75, 3.05) is 13.1 Å². The van der Waals surface area contributed by atoms with Crippen LogP contribution in [0.2, 0.25) is 0 Å². The molecule has 1 fully saturated rings. The lowest BCUT2D eigenvalue weighted by molar-refractivity contribution is 0.0979. The average molecular weight is 457 g/mol. The molecule has 3 aromatic carbocycles. The smallest absolute Gasteiger partial charge is 0.149 e. The van der Waals surface area contributed by atoms with E-state index in [1.54, 1.807) is 6.07 Å². The highest BCUT2D eigenvalue weighted by atomic mass is 19.1. The first-order valence-electron chi connectivity index (χ1n) is 11.8. The maximum Gasteiger partial charge on any atom is 0.149 e. The quantitative estimate of drug-likeness (QED) is 0.327. The topological polar surface area (TPSA) is 34.6 Å². The number of likely N-dealkylation sites (tertiary alicyclic amines) is 1. The molecule has 0 amide bonds. The summed E-state index contributed by atoms with van der Waals surface area (Å²) in [6.07, 6.45) is 2.01. The first-order chi connectivity index (χ1) is 16.6. The second kappa shape index (κ2) is 10.2. The van der Waals surface area contributed by atoms with E-state index in [-0.39, 0.29) is 11.9 Å². The van der Waals surface area contributed by atoms with Gasteiger partial charge in [-0.2, -0.15) is 0 Å². The Morgan fingerprint density at radius 3 is 2.44 bits per heavy atom. The van der Waals surface area contributed by atoms with Gasteiger partial charge in [0.1, 0.15) is 35.5 Å². The molecule has 174 valence electrons. The normalized spacial score (nSPS) is 14.9. The number of ether oxygens (including phenoxy) is 2. The summed E-state index contributed by atoms with van der Waals surface area (Å²) >= 11 is 0. The van der Waals surface area contributed by atoms with Crippen molar-refractivity contribution < 1.29 is 13.9 Å². The number of rotatable bonds is 7. The number of aryl methyl sites for hydroxylation is 1. The molecule has 2 heterocycles. The summed E-state index contributed by atoms with van der Waals surface area (Å²) in [5.74, 6) is 1.31. The van der Waals surface area contributed by atoms with E-state index in [1.807, 2.05) is 49.4 Å². The van der Waals surface area contributed by atoms with E-state index < -0.39 is 0 Å². The van der Waals surface area contributed by atoms with E-state index in [1.165, 1.54) is 11.6 Å². The summed E-state index contributed by atoms with van der Waals surface area (Å²) in [4.78, 5) is 6.80. The minimum atomic E-state index is -0.308. The highest BCUT2D eigenvalue weighted by Gasteiger charge is 2.22. The lowest BCUT2D eigenvalue weighted by atomic mass is 10.1. The molecule has 0 aliphatic carbocycles. The van der Waals surface area contributed by atoms with Crippen LogP contribution in [0.4, 0.5) is 4.39 Å². The summed E-state index contributed by atoms with van der Waals surface area (Å²) in [6, 6.07) is 25.5. The second-order valence-corrected chi connectivity index (χ2v) is 8.91. The lowest BCUT2D eigenvalue weighted by Crippen LogP contribution is -2.37. The molecule has 0 spiro atoms. The first kappa shape index (κ1) is 22.4. The zero-order valence-corrected chi connectivity index (χ0v) is 19.4. The monoisotopic (exact) mass is 456 g/mol. The minimum Gasteiger partial charge on any atom is -0.490 e. The van der Waals surface area contributed by atoms with Crippen LogP contribution < -0.4 is 9.47 Å². The lowest BCUT2D eigenvalue weighted by Gasteiger charge is -2.32. The van der Waals surface area contributed by atoms with E-state index in [9.17, 15) is 4.39 Å². The van der Waals surface area contributed by atoms with Crippen molar-refractivity contribution in [3.05, 3.63) is 102 Å². The number of para-hydroxylation sites is 1. The number of nitrogens with zero attached hydrogens (tertiary/aromatic N) is 2. The van der Waals surface area contributed by atoms with Crippen LogP contribution in [0.1, 0.15) is 29.7 Å². The molecule has 5 rings (SSSR count). The van der Waals surface area contributed by atoms with Crippen LogP contribution in [0.3, 0.4) is 0 Å². The van der Waals surface area contributed by atoms with Gasteiger partial charge in [0.25, 0.3) is 0 Å². The average Bonchev–Trinajstić information content (AvgIpc) is 2.86. The number of hydrogen-bond acceptors (Lipinski definition) is 4. The van der Waals surface area contributed by atoms with Gasteiger partial charge in [-0.1, -0.05) is 48.5 Å². The van der Waals surface area contributed by atoms with E-state index in [2.05, 4.69) is 34.1 Å². The Bertz CT molecular complexity index is 1240. The molecule has 0 N–H and O–H groups in total. The van der Waals surface area contributed by atoms with E-state index in [0.717, 1.165) is 60.6 Å². The molecule has 0 saturated carbocycles. The Morgan fingerprint density at radius 2 is 1.68 bits per heavy atom. The molecule has 0 unspecified atom stereocenters. The van der Waals surface area contributed by atoms with Crippen LogP contribution in [0.15, 0.2) is 78.9 Å². The van der Waals surface area contributed by atoms with Gasteiger partial charge in [0, 0.05) is 36.8 Å². The molecular formula is C29H29FN2O2. The first-order valence-corrected chi connectivity index (χ1v) is 11.8. The summed E-state index contributed by atoms with van der Waals surface area (Å²) in [7, 11) is 0. The van der Waals surface area contributed by atoms with Crippen LogP contribution in [0, 0.1) is 12.7 Å². The SMILES string of the molecule is Cc1cc(OC2CCN(Cc3ccc(OCc4ccccc4)cc3)CC2)c2cccc(F)c2n1. The van der Waals surface area contributed by atoms with Crippen LogP contribution in [-0.4, -0.2) is 29.1 Å². The van der Waals surface area contributed by atoms with Crippen molar-refractivity contribution in [2.45, 2.75) is 39.0 Å². The van der Waals surface area contributed by atoms with Gasteiger partial charge in [-0.15, -0.1) is 0 Å². The van der Waals surface area contributed by atoms with E-state index >= 15 is 0 Å². The number of pyridine rings is 1. The molecule has 34 heavy (non-hydrogen) atoms. The Kier molecular flexibility index (Phi) is 6.72. The van der Waals surface area contributed by atoms with Gasteiger partial charge in [-0.3, -0.25) is 4.90 Å². The zero-order valence-electron chi connectivity index (χ0n) is 19.4. The summed E-state index contributed by atoms with van der Waals surface area (Å²) in [5, 5.41) is 0.739. The molecule has 1 aliphatic heterocycles. The van der Waals surface area contributed by atoms with Crippen molar-refractivity contribution in [2.24, 2.45) is 0 Å². The van der Waals surface area contributed by atoms with Gasteiger partial charge >= 0.3 is 0 Å².